The maximum atomic E-state index is 9.20. The number of aliphatic hydroxyl groups is 1. The fraction of sp³-hybridized carbons (Fsp3) is 0.600. The summed E-state index contributed by atoms with van der Waals surface area (Å²) >= 11 is 0. The van der Waals surface area contributed by atoms with Gasteiger partial charge >= 0.3 is 0 Å². The summed E-state index contributed by atoms with van der Waals surface area (Å²) in [6.07, 6.45) is 2.69. The zero-order valence-corrected chi connectivity index (χ0v) is 10.9. The minimum Gasteiger partial charge on any atom is -0.396 e. The molecule has 94 valence electrons. The molecular formula is C15H23NO. The van der Waals surface area contributed by atoms with Crippen LogP contribution in [0.3, 0.4) is 0 Å². The first-order valence-corrected chi connectivity index (χ1v) is 6.52. The summed E-state index contributed by atoms with van der Waals surface area (Å²) < 4.78 is 0. The molecule has 1 aliphatic carbocycles. The lowest BCUT2D eigenvalue weighted by Crippen LogP contribution is -2.32. The van der Waals surface area contributed by atoms with Crippen LogP contribution >= 0.6 is 0 Å². The molecule has 1 fully saturated rings. The van der Waals surface area contributed by atoms with Crippen molar-refractivity contribution in [2.24, 2.45) is 5.41 Å². The van der Waals surface area contributed by atoms with E-state index in [2.05, 4.69) is 43.4 Å². The van der Waals surface area contributed by atoms with Crippen LogP contribution < -0.4 is 5.32 Å². The van der Waals surface area contributed by atoms with Gasteiger partial charge in [0.05, 0.1) is 0 Å². The molecule has 2 heteroatoms. The number of benzene rings is 1. The van der Waals surface area contributed by atoms with Gasteiger partial charge in [0.15, 0.2) is 0 Å². The molecule has 17 heavy (non-hydrogen) atoms. The zero-order chi connectivity index (χ0) is 12.3. The van der Waals surface area contributed by atoms with E-state index >= 15 is 0 Å². The smallest absolute Gasteiger partial charge is 0.0494 e. The highest BCUT2D eigenvalue weighted by atomic mass is 16.3. The van der Waals surface area contributed by atoms with E-state index in [-0.39, 0.29) is 12.0 Å². The van der Waals surface area contributed by atoms with E-state index in [1.54, 1.807) is 0 Å². The summed E-state index contributed by atoms with van der Waals surface area (Å²) in [4.78, 5) is 0. The molecule has 0 aliphatic heterocycles. The van der Waals surface area contributed by atoms with Gasteiger partial charge < -0.3 is 10.4 Å². The molecule has 0 radical (unpaired) electrons. The van der Waals surface area contributed by atoms with Gasteiger partial charge in [0, 0.05) is 25.1 Å². The van der Waals surface area contributed by atoms with Crippen molar-refractivity contribution in [2.45, 2.75) is 39.2 Å². The Bertz CT molecular complexity index is 369. The average molecular weight is 233 g/mol. The van der Waals surface area contributed by atoms with Crippen LogP contribution in [0.15, 0.2) is 24.3 Å². The quantitative estimate of drug-likeness (QED) is 0.791. The molecular weight excluding hydrogens is 210 g/mol. The van der Waals surface area contributed by atoms with Crippen molar-refractivity contribution in [2.75, 3.05) is 13.2 Å². The van der Waals surface area contributed by atoms with Crippen molar-refractivity contribution in [3.8, 4) is 0 Å². The molecule has 1 saturated carbocycles. The average Bonchev–Trinajstić information content (AvgIpc) is 3.14. The molecule has 2 nitrogen and oxygen atoms in total. The molecule has 0 spiro atoms. The maximum absolute atomic E-state index is 9.20. The van der Waals surface area contributed by atoms with Crippen molar-refractivity contribution in [1.82, 2.24) is 5.32 Å². The SMILES string of the molecule is CC(C)(CO)CNCc1ccccc1C1CC1. The van der Waals surface area contributed by atoms with Crippen molar-refractivity contribution >= 4 is 0 Å². The molecule has 1 aromatic carbocycles. The first-order chi connectivity index (χ1) is 8.12. The van der Waals surface area contributed by atoms with E-state index in [0.29, 0.717) is 0 Å². The molecule has 0 aromatic heterocycles. The molecule has 0 bridgehead atoms. The number of hydrogen-bond donors (Lipinski definition) is 2. The van der Waals surface area contributed by atoms with Gasteiger partial charge in [0.1, 0.15) is 0 Å². The minimum atomic E-state index is -0.0332. The highest BCUT2D eigenvalue weighted by Crippen LogP contribution is 2.41. The largest absolute Gasteiger partial charge is 0.396 e. The predicted octanol–water partition coefficient (Wildman–Crippen LogP) is 2.67. The summed E-state index contributed by atoms with van der Waals surface area (Å²) in [5.41, 5.74) is 2.90. The maximum Gasteiger partial charge on any atom is 0.0494 e. The number of nitrogens with one attached hydrogen (secondary N) is 1. The van der Waals surface area contributed by atoms with Crippen LogP contribution in [0.1, 0.15) is 43.7 Å². The Balaban J connectivity index is 1.90. The van der Waals surface area contributed by atoms with Crippen LogP contribution in [0.2, 0.25) is 0 Å². The summed E-state index contributed by atoms with van der Waals surface area (Å²) in [5.74, 6) is 0.804. The predicted molar refractivity (Wildman–Crippen MR) is 71.0 cm³/mol. The van der Waals surface area contributed by atoms with E-state index in [0.717, 1.165) is 19.0 Å². The number of rotatable bonds is 6. The molecule has 0 heterocycles. The highest BCUT2D eigenvalue weighted by molar-refractivity contribution is 5.33. The van der Waals surface area contributed by atoms with Gasteiger partial charge in [0.25, 0.3) is 0 Å². The third-order valence-corrected chi connectivity index (χ3v) is 3.42. The van der Waals surface area contributed by atoms with E-state index < -0.39 is 0 Å². The Hall–Kier alpha value is -0.860. The Morgan fingerprint density at radius 2 is 2.00 bits per heavy atom. The molecule has 2 N–H and O–H groups in total. The lowest BCUT2D eigenvalue weighted by atomic mass is 9.94. The summed E-state index contributed by atoms with van der Waals surface area (Å²) in [6, 6.07) is 8.72. The third-order valence-electron chi connectivity index (χ3n) is 3.42. The van der Waals surface area contributed by atoms with Crippen LogP contribution in [-0.2, 0) is 6.54 Å². The van der Waals surface area contributed by atoms with Gasteiger partial charge in [0.2, 0.25) is 0 Å². The second kappa shape index (κ2) is 5.19. The molecule has 1 aliphatic rings. The zero-order valence-electron chi connectivity index (χ0n) is 10.9. The van der Waals surface area contributed by atoms with E-state index in [4.69, 9.17) is 0 Å². The molecule has 2 rings (SSSR count). The third kappa shape index (κ3) is 3.55. The van der Waals surface area contributed by atoms with Gasteiger partial charge in [-0.3, -0.25) is 0 Å². The van der Waals surface area contributed by atoms with Crippen molar-refractivity contribution < 1.29 is 5.11 Å². The normalized spacial score (nSPS) is 16.2. The molecule has 0 unspecified atom stereocenters. The summed E-state index contributed by atoms with van der Waals surface area (Å²) in [7, 11) is 0. The second-order valence-corrected chi connectivity index (χ2v) is 5.90. The van der Waals surface area contributed by atoms with Crippen LogP contribution in [0.4, 0.5) is 0 Å². The summed E-state index contributed by atoms with van der Waals surface area (Å²) in [6.45, 7) is 6.14. The fourth-order valence-electron chi connectivity index (χ4n) is 2.08. The number of hydrogen-bond acceptors (Lipinski definition) is 2. The molecule has 0 atom stereocenters. The first-order valence-electron chi connectivity index (χ1n) is 6.52. The van der Waals surface area contributed by atoms with Gasteiger partial charge in [-0.2, -0.15) is 0 Å². The van der Waals surface area contributed by atoms with E-state index in [1.165, 1.54) is 24.0 Å². The van der Waals surface area contributed by atoms with Crippen LogP contribution in [0.5, 0.6) is 0 Å². The fourth-order valence-corrected chi connectivity index (χ4v) is 2.08. The van der Waals surface area contributed by atoms with Crippen molar-refractivity contribution in [3.05, 3.63) is 35.4 Å². The summed E-state index contributed by atoms with van der Waals surface area (Å²) in [5, 5.41) is 12.7. The topological polar surface area (TPSA) is 32.3 Å². The monoisotopic (exact) mass is 233 g/mol. The minimum absolute atomic E-state index is 0.0332. The Labute approximate surface area is 104 Å². The van der Waals surface area contributed by atoms with E-state index in [9.17, 15) is 5.11 Å². The lowest BCUT2D eigenvalue weighted by molar-refractivity contribution is 0.156. The van der Waals surface area contributed by atoms with Crippen molar-refractivity contribution in [1.29, 1.82) is 0 Å². The van der Waals surface area contributed by atoms with E-state index in [1.807, 2.05) is 0 Å². The molecule has 0 saturated heterocycles. The Kier molecular flexibility index (Phi) is 3.85. The molecule has 1 aromatic rings. The number of aliphatic hydroxyl groups excluding tert-OH is 1. The first kappa shape index (κ1) is 12.6. The van der Waals surface area contributed by atoms with Gasteiger partial charge in [-0.05, 0) is 29.9 Å². The molecule has 0 amide bonds. The van der Waals surface area contributed by atoms with Gasteiger partial charge in [-0.15, -0.1) is 0 Å². The van der Waals surface area contributed by atoms with Crippen LogP contribution in [0.25, 0.3) is 0 Å². The van der Waals surface area contributed by atoms with Gasteiger partial charge in [-0.25, -0.2) is 0 Å². The Morgan fingerprint density at radius 3 is 2.65 bits per heavy atom. The lowest BCUT2D eigenvalue weighted by Gasteiger charge is -2.22. The second-order valence-electron chi connectivity index (χ2n) is 5.90. The van der Waals surface area contributed by atoms with Crippen LogP contribution in [0, 0.1) is 5.41 Å². The van der Waals surface area contributed by atoms with Crippen LogP contribution in [-0.4, -0.2) is 18.3 Å². The standard InChI is InChI=1S/C15H23NO/c1-15(2,11-17)10-16-9-13-5-3-4-6-14(13)12-7-8-12/h3-6,12,16-17H,7-11H2,1-2H3. The highest BCUT2D eigenvalue weighted by Gasteiger charge is 2.25. The Morgan fingerprint density at radius 1 is 1.29 bits per heavy atom. The van der Waals surface area contributed by atoms with Crippen molar-refractivity contribution in [3.63, 3.8) is 0 Å². The van der Waals surface area contributed by atoms with Gasteiger partial charge in [-0.1, -0.05) is 38.1 Å².